The zero-order chi connectivity index (χ0) is 18.1. The molecule has 1 amide bonds. The van der Waals surface area contributed by atoms with Crippen molar-refractivity contribution in [2.24, 2.45) is 5.92 Å². The molecule has 2 aliphatic rings. The number of para-hydroxylation sites is 1. The number of rotatable bonds is 4. The van der Waals surface area contributed by atoms with Gasteiger partial charge in [-0.3, -0.25) is 4.79 Å². The lowest BCUT2D eigenvalue weighted by atomic mass is 10.1. The molecule has 1 saturated carbocycles. The summed E-state index contributed by atoms with van der Waals surface area (Å²) < 4.78 is 26.2. The van der Waals surface area contributed by atoms with Crippen molar-refractivity contribution in [1.82, 2.24) is 14.9 Å². The van der Waals surface area contributed by atoms with Crippen LogP contribution in [0.2, 0.25) is 0 Å². The molecule has 1 aliphatic carbocycles. The molecule has 1 atom stereocenters. The van der Waals surface area contributed by atoms with E-state index in [0.29, 0.717) is 24.4 Å². The van der Waals surface area contributed by atoms with Crippen LogP contribution in [0.4, 0.5) is 14.6 Å². The largest absolute Gasteiger partial charge is 0.365 e. The van der Waals surface area contributed by atoms with Gasteiger partial charge in [0.15, 0.2) is 5.82 Å². The van der Waals surface area contributed by atoms with E-state index in [1.807, 2.05) is 17.0 Å². The lowest BCUT2D eigenvalue weighted by Gasteiger charge is -2.21. The van der Waals surface area contributed by atoms with E-state index < -0.39 is 12.2 Å². The average Bonchev–Trinajstić information content (AvgIpc) is 3.33. The van der Waals surface area contributed by atoms with Crippen molar-refractivity contribution in [3.8, 4) is 0 Å². The van der Waals surface area contributed by atoms with Crippen LogP contribution < -0.4 is 5.32 Å². The van der Waals surface area contributed by atoms with Crippen molar-refractivity contribution in [3.63, 3.8) is 0 Å². The van der Waals surface area contributed by atoms with E-state index in [4.69, 9.17) is 0 Å². The van der Waals surface area contributed by atoms with Gasteiger partial charge in [0, 0.05) is 30.4 Å². The number of halogens is 2. The Morgan fingerprint density at radius 3 is 2.69 bits per heavy atom. The van der Waals surface area contributed by atoms with Crippen molar-refractivity contribution >= 4 is 22.6 Å². The third-order valence-electron chi connectivity index (χ3n) is 5.36. The molecule has 1 saturated heterocycles. The Labute approximate surface area is 150 Å². The summed E-state index contributed by atoms with van der Waals surface area (Å²) in [6.45, 7) is 1.30. The van der Waals surface area contributed by atoms with Gasteiger partial charge in [-0.05, 0) is 31.4 Å². The third-order valence-corrected chi connectivity index (χ3v) is 5.36. The number of carbonyl (C=O) groups excluding carboxylic acids is 1. The first kappa shape index (κ1) is 17.1. The van der Waals surface area contributed by atoms with Crippen LogP contribution in [0.15, 0.2) is 24.3 Å². The highest BCUT2D eigenvalue weighted by atomic mass is 19.3. The maximum absolute atomic E-state index is 13.1. The maximum atomic E-state index is 13.1. The summed E-state index contributed by atoms with van der Waals surface area (Å²) in [6.07, 6.45) is 2.32. The number of likely N-dealkylation sites (tertiary alicyclic amines) is 1. The second kappa shape index (κ2) is 7.13. The first-order valence-corrected chi connectivity index (χ1v) is 9.22. The smallest absolute Gasteiger partial charge is 0.297 e. The number of aromatic nitrogens is 2. The SMILES string of the molecule is O=C(C1CCCC1)N1CCC(Nc2nc(C(F)F)nc3ccccc23)C1. The minimum atomic E-state index is -2.72. The first-order valence-electron chi connectivity index (χ1n) is 9.22. The Bertz CT molecular complexity index is 807. The van der Waals surface area contributed by atoms with Gasteiger partial charge in [-0.2, -0.15) is 0 Å². The van der Waals surface area contributed by atoms with Gasteiger partial charge in [-0.25, -0.2) is 18.7 Å². The van der Waals surface area contributed by atoms with Crippen molar-refractivity contribution < 1.29 is 13.6 Å². The van der Waals surface area contributed by atoms with Gasteiger partial charge in [0.2, 0.25) is 5.91 Å². The number of hydrogen-bond donors (Lipinski definition) is 1. The lowest BCUT2D eigenvalue weighted by Crippen LogP contribution is -2.35. The molecule has 4 rings (SSSR count). The predicted molar refractivity (Wildman–Crippen MR) is 95.1 cm³/mol. The third kappa shape index (κ3) is 3.34. The molecule has 1 N–H and O–H groups in total. The number of amides is 1. The normalized spacial score (nSPS) is 21.0. The van der Waals surface area contributed by atoms with Crippen molar-refractivity contribution in [2.45, 2.75) is 44.6 Å². The fraction of sp³-hybridized carbons (Fsp3) is 0.526. The summed E-state index contributed by atoms with van der Waals surface area (Å²) >= 11 is 0. The Morgan fingerprint density at radius 1 is 1.15 bits per heavy atom. The number of nitrogens with one attached hydrogen (secondary N) is 1. The standard InChI is InChI=1S/C19H22F2N4O/c20-16(21)18-23-15-8-4-3-7-14(15)17(24-18)22-13-9-10-25(11-13)19(26)12-5-1-2-6-12/h3-4,7-8,12-13,16H,1-2,5-6,9-11H2,(H,22,23,24). The van der Waals surface area contributed by atoms with Gasteiger partial charge in [-0.1, -0.05) is 25.0 Å². The van der Waals surface area contributed by atoms with Gasteiger partial charge >= 0.3 is 0 Å². The quantitative estimate of drug-likeness (QED) is 0.902. The van der Waals surface area contributed by atoms with E-state index in [0.717, 1.165) is 37.5 Å². The zero-order valence-electron chi connectivity index (χ0n) is 14.5. The highest BCUT2D eigenvalue weighted by Crippen LogP contribution is 2.29. The van der Waals surface area contributed by atoms with Crippen LogP contribution in [0, 0.1) is 5.92 Å². The molecule has 1 aromatic heterocycles. The zero-order valence-corrected chi connectivity index (χ0v) is 14.5. The van der Waals surface area contributed by atoms with E-state index >= 15 is 0 Å². The molecule has 7 heteroatoms. The molecule has 0 spiro atoms. The number of benzene rings is 1. The topological polar surface area (TPSA) is 58.1 Å². The second-order valence-electron chi connectivity index (χ2n) is 7.14. The Balaban J connectivity index is 1.51. The molecule has 26 heavy (non-hydrogen) atoms. The minimum absolute atomic E-state index is 0.0178. The molecule has 1 aromatic carbocycles. The summed E-state index contributed by atoms with van der Waals surface area (Å²) in [6, 6.07) is 7.15. The summed E-state index contributed by atoms with van der Waals surface area (Å²) in [5.74, 6) is 0.362. The molecule has 138 valence electrons. The monoisotopic (exact) mass is 360 g/mol. The Morgan fingerprint density at radius 2 is 1.92 bits per heavy atom. The van der Waals surface area contributed by atoms with Crippen LogP contribution in [0.3, 0.4) is 0 Å². The van der Waals surface area contributed by atoms with Gasteiger partial charge in [0.05, 0.1) is 5.52 Å². The predicted octanol–water partition coefficient (Wildman–Crippen LogP) is 3.77. The molecule has 5 nitrogen and oxygen atoms in total. The summed E-state index contributed by atoms with van der Waals surface area (Å²) in [5, 5.41) is 4.00. The molecule has 0 bridgehead atoms. The number of fused-ring (bicyclic) bond motifs is 1. The molecular formula is C19H22F2N4O. The van der Waals surface area contributed by atoms with Gasteiger partial charge in [-0.15, -0.1) is 0 Å². The maximum Gasteiger partial charge on any atom is 0.297 e. The number of anilines is 1. The highest BCUT2D eigenvalue weighted by Gasteiger charge is 2.32. The number of nitrogens with zero attached hydrogens (tertiary/aromatic N) is 3. The fourth-order valence-electron chi connectivity index (χ4n) is 4.00. The average molecular weight is 360 g/mol. The number of carbonyl (C=O) groups is 1. The van der Waals surface area contributed by atoms with E-state index in [1.165, 1.54) is 0 Å². The lowest BCUT2D eigenvalue weighted by molar-refractivity contribution is -0.134. The molecular weight excluding hydrogens is 338 g/mol. The second-order valence-corrected chi connectivity index (χ2v) is 7.14. The van der Waals surface area contributed by atoms with Gasteiger partial charge in [0.1, 0.15) is 5.82 Å². The first-order chi connectivity index (χ1) is 12.6. The number of alkyl halides is 2. The summed E-state index contributed by atoms with van der Waals surface area (Å²) in [5.41, 5.74) is 0.497. The van der Waals surface area contributed by atoms with Crippen molar-refractivity contribution in [3.05, 3.63) is 30.1 Å². The molecule has 2 aromatic rings. The van der Waals surface area contributed by atoms with E-state index in [9.17, 15) is 13.6 Å². The minimum Gasteiger partial charge on any atom is -0.365 e. The van der Waals surface area contributed by atoms with E-state index in [2.05, 4.69) is 15.3 Å². The van der Waals surface area contributed by atoms with Crippen LogP contribution >= 0.6 is 0 Å². The van der Waals surface area contributed by atoms with Gasteiger partial charge in [0.25, 0.3) is 6.43 Å². The van der Waals surface area contributed by atoms with Gasteiger partial charge < -0.3 is 10.2 Å². The summed E-state index contributed by atoms with van der Waals surface area (Å²) in [4.78, 5) is 22.5. The molecule has 0 radical (unpaired) electrons. The van der Waals surface area contributed by atoms with Crippen molar-refractivity contribution in [2.75, 3.05) is 18.4 Å². The van der Waals surface area contributed by atoms with E-state index in [1.54, 1.807) is 12.1 Å². The molecule has 2 heterocycles. The highest BCUT2D eigenvalue weighted by molar-refractivity contribution is 5.89. The van der Waals surface area contributed by atoms with Crippen LogP contribution in [0.5, 0.6) is 0 Å². The van der Waals surface area contributed by atoms with Crippen LogP contribution in [-0.4, -0.2) is 39.9 Å². The van der Waals surface area contributed by atoms with Crippen LogP contribution in [0.1, 0.15) is 44.4 Å². The molecule has 2 fully saturated rings. The molecule has 1 aliphatic heterocycles. The summed E-state index contributed by atoms with van der Waals surface area (Å²) in [7, 11) is 0. The van der Waals surface area contributed by atoms with Crippen LogP contribution in [0.25, 0.3) is 10.9 Å². The molecule has 1 unspecified atom stereocenters. The Kier molecular flexibility index (Phi) is 4.70. The number of hydrogen-bond acceptors (Lipinski definition) is 4. The van der Waals surface area contributed by atoms with E-state index in [-0.39, 0.29) is 17.9 Å². The van der Waals surface area contributed by atoms with Crippen molar-refractivity contribution in [1.29, 1.82) is 0 Å². The Hall–Kier alpha value is -2.31. The van der Waals surface area contributed by atoms with Crippen LogP contribution in [-0.2, 0) is 4.79 Å². The fourth-order valence-corrected chi connectivity index (χ4v) is 4.00.